The molecule has 0 spiro atoms. The van der Waals surface area contributed by atoms with Crippen molar-refractivity contribution in [3.05, 3.63) is 77.9 Å². The molecule has 8 heteroatoms. The van der Waals surface area contributed by atoms with E-state index in [1.54, 1.807) is 19.5 Å². The number of fused-ring (bicyclic) bond motifs is 1. The summed E-state index contributed by atoms with van der Waals surface area (Å²) in [4.78, 5) is 32.1. The fraction of sp³-hybridized carbons (Fsp3) is 0.148. The van der Waals surface area contributed by atoms with Gasteiger partial charge in [0.1, 0.15) is 16.4 Å². The van der Waals surface area contributed by atoms with Crippen LogP contribution in [-0.4, -0.2) is 32.8 Å². The number of pyridine rings is 1. The van der Waals surface area contributed by atoms with Gasteiger partial charge in [-0.3, -0.25) is 9.78 Å². The van der Waals surface area contributed by atoms with Gasteiger partial charge in [0.25, 0.3) is 0 Å². The highest BCUT2D eigenvalue weighted by Gasteiger charge is 2.20. The van der Waals surface area contributed by atoms with Crippen LogP contribution in [0.5, 0.6) is 5.75 Å². The van der Waals surface area contributed by atoms with Gasteiger partial charge in [0.2, 0.25) is 0 Å². The molecule has 0 aliphatic carbocycles. The normalized spacial score (nSPS) is 10.9. The lowest BCUT2D eigenvalue weighted by Gasteiger charge is -2.10. The highest BCUT2D eigenvalue weighted by Crippen LogP contribution is 2.36. The van der Waals surface area contributed by atoms with Gasteiger partial charge in [0.05, 0.1) is 18.3 Å². The van der Waals surface area contributed by atoms with Crippen molar-refractivity contribution in [3.8, 4) is 28.4 Å². The second-order valence-corrected chi connectivity index (χ2v) is 8.88. The van der Waals surface area contributed by atoms with Crippen LogP contribution in [0.3, 0.4) is 0 Å². The number of benzene rings is 2. The van der Waals surface area contributed by atoms with Gasteiger partial charge in [-0.25, -0.2) is 15.0 Å². The Hall–Kier alpha value is -4.17. The zero-order valence-corrected chi connectivity index (χ0v) is 20.2. The molecule has 0 saturated carbocycles. The monoisotopic (exact) mass is 481 g/mol. The molecule has 0 radical (unpaired) electrons. The standard InChI is InChI=1S/C27H23N5O2S/c1-3-8-22(33)24-23(17-9-5-4-6-10-17)30-27(35-24)32-26-20-15-19(34-2)12-13-21(20)29-25(31-26)18-11-7-14-28-16-18/h4-7,9-16H,3,8H2,1-2H3,(H,29,30,31,32). The summed E-state index contributed by atoms with van der Waals surface area (Å²) >= 11 is 1.34. The molecule has 7 nitrogen and oxygen atoms in total. The van der Waals surface area contributed by atoms with E-state index >= 15 is 0 Å². The van der Waals surface area contributed by atoms with E-state index in [2.05, 4.69) is 10.3 Å². The van der Waals surface area contributed by atoms with Crippen molar-refractivity contribution in [2.75, 3.05) is 12.4 Å². The highest BCUT2D eigenvalue weighted by atomic mass is 32.1. The maximum Gasteiger partial charge on any atom is 0.189 e. The molecular weight excluding hydrogens is 458 g/mol. The van der Waals surface area contributed by atoms with Crippen molar-refractivity contribution in [1.82, 2.24) is 19.9 Å². The summed E-state index contributed by atoms with van der Waals surface area (Å²) in [6.45, 7) is 2.00. The number of nitrogens with one attached hydrogen (secondary N) is 1. The number of carbonyl (C=O) groups is 1. The molecule has 0 bridgehead atoms. The van der Waals surface area contributed by atoms with Gasteiger partial charge in [-0.05, 0) is 36.8 Å². The van der Waals surface area contributed by atoms with E-state index in [0.29, 0.717) is 39.5 Å². The maximum absolute atomic E-state index is 12.9. The van der Waals surface area contributed by atoms with Crippen molar-refractivity contribution >= 4 is 39.0 Å². The number of anilines is 2. The number of nitrogens with zero attached hydrogens (tertiary/aromatic N) is 4. The van der Waals surface area contributed by atoms with Crippen molar-refractivity contribution in [1.29, 1.82) is 0 Å². The van der Waals surface area contributed by atoms with Crippen molar-refractivity contribution in [2.24, 2.45) is 0 Å². The SMILES string of the molecule is CCCC(=O)c1sc(Nc2nc(-c3cccnc3)nc3ccc(OC)cc23)nc1-c1ccccc1. The van der Waals surface area contributed by atoms with Gasteiger partial charge in [-0.2, -0.15) is 0 Å². The molecule has 2 aromatic carbocycles. The first-order chi connectivity index (χ1) is 17.2. The molecule has 5 rings (SSSR count). The van der Waals surface area contributed by atoms with E-state index in [9.17, 15) is 4.79 Å². The second kappa shape index (κ2) is 9.99. The first-order valence-electron chi connectivity index (χ1n) is 11.3. The quantitative estimate of drug-likeness (QED) is 0.251. The Labute approximate surface area is 206 Å². The van der Waals surface area contributed by atoms with Crippen LogP contribution < -0.4 is 10.1 Å². The molecule has 0 saturated heterocycles. The van der Waals surface area contributed by atoms with Gasteiger partial charge in [-0.1, -0.05) is 48.6 Å². The number of Topliss-reactive ketones (excluding diaryl/α,β-unsaturated/α-hetero) is 1. The van der Waals surface area contributed by atoms with E-state index in [1.807, 2.05) is 67.6 Å². The first-order valence-corrected chi connectivity index (χ1v) is 12.1. The summed E-state index contributed by atoms with van der Waals surface area (Å²) < 4.78 is 5.43. The summed E-state index contributed by atoms with van der Waals surface area (Å²) in [5.41, 5.74) is 3.14. The Balaban J connectivity index is 1.63. The summed E-state index contributed by atoms with van der Waals surface area (Å²) in [7, 11) is 1.62. The molecular formula is C27H23N5O2S. The zero-order chi connectivity index (χ0) is 24.2. The first kappa shape index (κ1) is 22.6. The van der Waals surface area contributed by atoms with Crippen LogP contribution in [-0.2, 0) is 0 Å². The van der Waals surface area contributed by atoms with Crippen LogP contribution >= 0.6 is 11.3 Å². The van der Waals surface area contributed by atoms with Gasteiger partial charge in [0, 0.05) is 35.3 Å². The summed E-state index contributed by atoms with van der Waals surface area (Å²) in [6.07, 6.45) is 4.69. The van der Waals surface area contributed by atoms with Crippen LogP contribution in [0.25, 0.3) is 33.5 Å². The van der Waals surface area contributed by atoms with Gasteiger partial charge >= 0.3 is 0 Å². The van der Waals surface area contributed by atoms with Gasteiger partial charge in [0.15, 0.2) is 16.7 Å². The van der Waals surface area contributed by atoms with Crippen molar-refractivity contribution < 1.29 is 9.53 Å². The van der Waals surface area contributed by atoms with Crippen LogP contribution in [0.2, 0.25) is 0 Å². The lowest BCUT2D eigenvalue weighted by atomic mass is 10.1. The van der Waals surface area contributed by atoms with E-state index in [1.165, 1.54) is 11.3 Å². The van der Waals surface area contributed by atoms with Crippen molar-refractivity contribution in [3.63, 3.8) is 0 Å². The van der Waals surface area contributed by atoms with Crippen LogP contribution in [0.15, 0.2) is 73.1 Å². The average Bonchev–Trinajstić information content (AvgIpc) is 3.33. The number of ketones is 1. The van der Waals surface area contributed by atoms with Crippen LogP contribution in [0, 0.1) is 0 Å². The number of methoxy groups -OCH3 is 1. The maximum atomic E-state index is 12.9. The Kier molecular flexibility index (Phi) is 6.45. The van der Waals surface area contributed by atoms with E-state index in [-0.39, 0.29) is 5.78 Å². The number of hydrogen-bond donors (Lipinski definition) is 1. The Morgan fingerprint density at radius 3 is 2.57 bits per heavy atom. The highest BCUT2D eigenvalue weighted by molar-refractivity contribution is 7.18. The largest absolute Gasteiger partial charge is 0.497 e. The van der Waals surface area contributed by atoms with E-state index in [0.717, 1.165) is 28.5 Å². The fourth-order valence-corrected chi connectivity index (χ4v) is 4.70. The second-order valence-electron chi connectivity index (χ2n) is 7.88. The molecule has 0 unspecified atom stereocenters. The Bertz CT molecular complexity index is 1490. The predicted octanol–water partition coefficient (Wildman–Crippen LogP) is 6.55. The summed E-state index contributed by atoms with van der Waals surface area (Å²) in [5, 5.41) is 4.74. The van der Waals surface area contributed by atoms with E-state index in [4.69, 9.17) is 19.7 Å². The molecule has 0 aliphatic heterocycles. The number of thiazole rings is 1. The summed E-state index contributed by atoms with van der Waals surface area (Å²) in [6, 6.07) is 19.2. The minimum atomic E-state index is 0.0853. The molecule has 3 heterocycles. The molecule has 3 aromatic heterocycles. The van der Waals surface area contributed by atoms with Crippen LogP contribution in [0.4, 0.5) is 10.9 Å². The lowest BCUT2D eigenvalue weighted by molar-refractivity contribution is 0.0986. The Morgan fingerprint density at radius 2 is 1.83 bits per heavy atom. The minimum absolute atomic E-state index is 0.0853. The number of rotatable bonds is 8. The lowest BCUT2D eigenvalue weighted by Crippen LogP contribution is -2.00. The van der Waals surface area contributed by atoms with Crippen LogP contribution in [0.1, 0.15) is 29.4 Å². The smallest absolute Gasteiger partial charge is 0.189 e. The number of carbonyl (C=O) groups excluding carboxylic acids is 1. The molecule has 0 aliphatic rings. The third-order valence-electron chi connectivity index (χ3n) is 5.45. The molecule has 0 fully saturated rings. The van der Waals surface area contributed by atoms with E-state index < -0.39 is 0 Å². The topological polar surface area (TPSA) is 89.9 Å². The van der Waals surface area contributed by atoms with Gasteiger partial charge in [-0.15, -0.1) is 0 Å². The third kappa shape index (κ3) is 4.74. The molecule has 35 heavy (non-hydrogen) atoms. The zero-order valence-electron chi connectivity index (χ0n) is 19.4. The number of ether oxygens (including phenoxy) is 1. The van der Waals surface area contributed by atoms with Gasteiger partial charge < -0.3 is 10.1 Å². The average molecular weight is 482 g/mol. The van der Waals surface area contributed by atoms with Crippen molar-refractivity contribution in [2.45, 2.75) is 19.8 Å². The minimum Gasteiger partial charge on any atom is -0.497 e. The molecule has 0 atom stereocenters. The Morgan fingerprint density at radius 1 is 1.00 bits per heavy atom. The third-order valence-corrected chi connectivity index (χ3v) is 6.46. The summed E-state index contributed by atoms with van der Waals surface area (Å²) in [5.74, 6) is 1.90. The molecule has 0 amide bonds. The molecule has 1 N–H and O–H groups in total. The number of hydrogen-bond acceptors (Lipinski definition) is 8. The fourth-order valence-electron chi connectivity index (χ4n) is 3.75. The molecule has 174 valence electrons. The molecule has 5 aromatic rings. The predicted molar refractivity (Wildman–Crippen MR) is 139 cm³/mol. The number of aromatic nitrogens is 4.